The first-order chi connectivity index (χ1) is 12.4. The fourth-order valence-corrected chi connectivity index (χ4v) is 3.14. The molecule has 2 aromatic carbocycles. The summed E-state index contributed by atoms with van der Waals surface area (Å²) in [7, 11) is 0. The molecule has 1 N–H and O–H groups in total. The van der Waals surface area contributed by atoms with Gasteiger partial charge in [0.1, 0.15) is 0 Å². The lowest BCUT2D eigenvalue weighted by molar-refractivity contribution is 0.102. The van der Waals surface area contributed by atoms with Crippen molar-refractivity contribution < 1.29 is 4.79 Å². The van der Waals surface area contributed by atoms with Crippen molar-refractivity contribution in [2.24, 2.45) is 5.92 Å². The van der Waals surface area contributed by atoms with E-state index >= 15 is 0 Å². The molecule has 3 aromatic rings. The lowest BCUT2D eigenvalue weighted by Crippen LogP contribution is -2.29. The molecule has 0 aliphatic rings. The van der Waals surface area contributed by atoms with Gasteiger partial charge in [-0.2, -0.15) is 5.10 Å². The van der Waals surface area contributed by atoms with Crippen LogP contribution in [0.4, 0.5) is 5.69 Å². The first kappa shape index (κ1) is 18.3. The van der Waals surface area contributed by atoms with Crippen LogP contribution < -0.4 is 10.9 Å². The summed E-state index contributed by atoms with van der Waals surface area (Å²) >= 11 is 3.42. The second-order valence-electron chi connectivity index (χ2n) is 6.69. The summed E-state index contributed by atoms with van der Waals surface area (Å²) in [5, 5.41) is 8.34. The van der Waals surface area contributed by atoms with Gasteiger partial charge in [0.25, 0.3) is 11.5 Å². The molecular formula is C20H20BrN3O2. The average molecular weight is 414 g/mol. The molecule has 0 unspecified atom stereocenters. The summed E-state index contributed by atoms with van der Waals surface area (Å²) in [5.74, 6) is -0.0931. The minimum absolute atomic E-state index is 0.176. The van der Waals surface area contributed by atoms with E-state index in [9.17, 15) is 9.59 Å². The van der Waals surface area contributed by atoms with E-state index < -0.39 is 0 Å². The summed E-state index contributed by atoms with van der Waals surface area (Å²) in [6, 6.07) is 12.8. The smallest absolute Gasteiger partial charge is 0.276 e. The number of aromatic nitrogens is 2. The van der Waals surface area contributed by atoms with Gasteiger partial charge >= 0.3 is 0 Å². The molecule has 0 bridgehead atoms. The molecule has 0 aliphatic heterocycles. The SMILES string of the molecule is Cc1ccc(Br)cc1NC(=O)c1nn(CC(C)C)c(=O)c2ccccc12. The highest BCUT2D eigenvalue weighted by molar-refractivity contribution is 9.10. The zero-order chi connectivity index (χ0) is 18.8. The van der Waals surface area contributed by atoms with E-state index in [1.165, 1.54) is 4.68 Å². The molecule has 1 heterocycles. The Hall–Kier alpha value is -2.47. The van der Waals surface area contributed by atoms with Crippen LogP contribution in [0.1, 0.15) is 29.9 Å². The predicted molar refractivity (Wildman–Crippen MR) is 108 cm³/mol. The minimum Gasteiger partial charge on any atom is -0.320 e. The maximum absolute atomic E-state index is 12.9. The zero-order valence-corrected chi connectivity index (χ0v) is 16.5. The van der Waals surface area contributed by atoms with Gasteiger partial charge in [-0.25, -0.2) is 4.68 Å². The second kappa shape index (κ2) is 7.41. The van der Waals surface area contributed by atoms with Crippen LogP contribution in [-0.2, 0) is 6.54 Å². The second-order valence-corrected chi connectivity index (χ2v) is 7.60. The van der Waals surface area contributed by atoms with E-state index in [2.05, 4.69) is 26.3 Å². The number of hydrogen-bond acceptors (Lipinski definition) is 3. The molecule has 0 radical (unpaired) electrons. The Labute approximate surface area is 160 Å². The highest BCUT2D eigenvalue weighted by Crippen LogP contribution is 2.22. The molecule has 1 aromatic heterocycles. The van der Waals surface area contributed by atoms with Crippen molar-refractivity contribution in [3.8, 4) is 0 Å². The van der Waals surface area contributed by atoms with E-state index in [0.717, 1.165) is 10.0 Å². The fourth-order valence-electron chi connectivity index (χ4n) is 2.78. The van der Waals surface area contributed by atoms with Crippen LogP contribution in [0.25, 0.3) is 10.8 Å². The number of halogens is 1. The topological polar surface area (TPSA) is 64.0 Å². The first-order valence-corrected chi connectivity index (χ1v) is 9.23. The number of fused-ring (bicyclic) bond motifs is 1. The van der Waals surface area contributed by atoms with E-state index in [0.29, 0.717) is 23.0 Å². The molecule has 0 spiro atoms. The molecule has 134 valence electrons. The number of benzene rings is 2. The Morgan fingerprint density at radius 2 is 1.88 bits per heavy atom. The number of aryl methyl sites for hydroxylation is 1. The minimum atomic E-state index is -0.333. The summed E-state index contributed by atoms with van der Waals surface area (Å²) < 4.78 is 2.26. The number of anilines is 1. The summed E-state index contributed by atoms with van der Waals surface area (Å²) in [6.07, 6.45) is 0. The number of rotatable bonds is 4. The fraction of sp³-hybridized carbons (Fsp3) is 0.250. The highest BCUT2D eigenvalue weighted by atomic mass is 79.9. The van der Waals surface area contributed by atoms with Crippen LogP contribution >= 0.6 is 15.9 Å². The highest BCUT2D eigenvalue weighted by Gasteiger charge is 2.18. The Morgan fingerprint density at radius 3 is 2.58 bits per heavy atom. The van der Waals surface area contributed by atoms with E-state index in [-0.39, 0.29) is 23.1 Å². The van der Waals surface area contributed by atoms with Crippen molar-refractivity contribution in [3.05, 3.63) is 68.5 Å². The summed E-state index contributed by atoms with van der Waals surface area (Å²) in [6.45, 7) is 6.40. The van der Waals surface area contributed by atoms with Crippen LogP contribution in [-0.4, -0.2) is 15.7 Å². The van der Waals surface area contributed by atoms with Gasteiger partial charge in [0.2, 0.25) is 0 Å². The number of amides is 1. The van der Waals surface area contributed by atoms with Gasteiger partial charge in [0.05, 0.1) is 5.39 Å². The van der Waals surface area contributed by atoms with Gasteiger partial charge in [-0.1, -0.05) is 54.0 Å². The molecule has 0 saturated carbocycles. The standard InChI is InChI=1S/C20H20BrN3O2/c1-12(2)11-24-20(26)16-7-5-4-6-15(16)18(23-24)19(25)22-17-10-14(21)9-8-13(17)3/h4-10,12H,11H2,1-3H3,(H,22,25). The van der Waals surface area contributed by atoms with Crippen molar-refractivity contribution in [3.63, 3.8) is 0 Å². The van der Waals surface area contributed by atoms with E-state index in [1.54, 1.807) is 24.3 Å². The van der Waals surface area contributed by atoms with Crippen molar-refractivity contribution in [1.29, 1.82) is 0 Å². The van der Waals surface area contributed by atoms with Crippen LogP contribution in [0.5, 0.6) is 0 Å². The van der Waals surface area contributed by atoms with Gasteiger partial charge in [0, 0.05) is 22.1 Å². The normalized spacial score (nSPS) is 11.1. The van der Waals surface area contributed by atoms with Gasteiger partial charge < -0.3 is 5.32 Å². The molecule has 0 saturated heterocycles. The third-order valence-electron chi connectivity index (χ3n) is 4.07. The van der Waals surface area contributed by atoms with Crippen LogP contribution in [0.15, 0.2) is 51.7 Å². The van der Waals surface area contributed by atoms with Crippen molar-refractivity contribution in [2.45, 2.75) is 27.3 Å². The predicted octanol–water partition coefficient (Wildman–Crippen LogP) is 4.38. The maximum atomic E-state index is 12.9. The van der Waals surface area contributed by atoms with Crippen molar-refractivity contribution in [1.82, 2.24) is 9.78 Å². The van der Waals surface area contributed by atoms with Gasteiger partial charge in [-0.15, -0.1) is 0 Å². The summed E-state index contributed by atoms with van der Waals surface area (Å²) in [5.41, 5.74) is 1.72. The molecule has 0 fully saturated rings. The Kier molecular flexibility index (Phi) is 5.23. The zero-order valence-electron chi connectivity index (χ0n) is 14.9. The van der Waals surface area contributed by atoms with Crippen molar-refractivity contribution in [2.75, 3.05) is 5.32 Å². The summed E-state index contributed by atoms with van der Waals surface area (Å²) in [4.78, 5) is 25.6. The molecule has 5 nitrogen and oxygen atoms in total. The largest absolute Gasteiger partial charge is 0.320 e. The monoisotopic (exact) mass is 413 g/mol. The third-order valence-corrected chi connectivity index (χ3v) is 4.56. The number of hydrogen-bond donors (Lipinski definition) is 1. The first-order valence-electron chi connectivity index (χ1n) is 8.44. The number of nitrogens with zero attached hydrogens (tertiary/aromatic N) is 2. The third kappa shape index (κ3) is 3.70. The number of carbonyl (C=O) groups is 1. The molecule has 0 aliphatic carbocycles. The lowest BCUT2D eigenvalue weighted by Gasteiger charge is -2.13. The average Bonchev–Trinajstić information content (AvgIpc) is 2.60. The van der Waals surface area contributed by atoms with Crippen LogP contribution in [0.2, 0.25) is 0 Å². The Morgan fingerprint density at radius 1 is 1.19 bits per heavy atom. The Bertz CT molecular complexity index is 1040. The van der Waals surface area contributed by atoms with Crippen molar-refractivity contribution >= 4 is 38.3 Å². The molecule has 6 heteroatoms. The number of nitrogens with one attached hydrogen (secondary N) is 1. The molecule has 0 atom stereocenters. The van der Waals surface area contributed by atoms with Crippen LogP contribution in [0, 0.1) is 12.8 Å². The molecule has 26 heavy (non-hydrogen) atoms. The lowest BCUT2D eigenvalue weighted by atomic mass is 10.1. The van der Waals surface area contributed by atoms with Crippen LogP contribution in [0.3, 0.4) is 0 Å². The number of carbonyl (C=O) groups excluding carboxylic acids is 1. The maximum Gasteiger partial charge on any atom is 0.276 e. The Balaban J connectivity index is 2.11. The quantitative estimate of drug-likeness (QED) is 0.690. The van der Waals surface area contributed by atoms with Gasteiger partial charge in [-0.3, -0.25) is 9.59 Å². The van der Waals surface area contributed by atoms with E-state index in [4.69, 9.17) is 0 Å². The van der Waals surface area contributed by atoms with E-state index in [1.807, 2.05) is 39.0 Å². The van der Waals surface area contributed by atoms with Gasteiger partial charge in [-0.05, 0) is 36.6 Å². The molecular weight excluding hydrogens is 394 g/mol. The van der Waals surface area contributed by atoms with Gasteiger partial charge in [0.15, 0.2) is 5.69 Å². The molecule has 1 amide bonds. The molecule has 3 rings (SSSR count).